The van der Waals surface area contributed by atoms with Crippen molar-refractivity contribution in [1.29, 1.82) is 0 Å². The van der Waals surface area contributed by atoms with Crippen molar-refractivity contribution in [3.63, 3.8) is 0 Å². The van der Waals surface area contributed by atoms with Crippen molar-refractivity contribution in [2.75, 3.05) is 13.2 Å². The minimum Gasteiger partial charge on any atom is -0.410 e. The average Bonchev–Trinajstić information content (AvgIpc) is 2.32. The number of carbonyl (C=O) groups is 1. The van der Waals surface area contributed by atoms with Crippen LogP contribution in [-0.2, 0) is 4.79 Å². The summed E-state index contributed by atoms with van der Waals surface area (Å²) in [5.74, 6) is -0.456. The number of nitrogens with zero attached hydrogens (tertiary/aromatic N) is 1. The van der Waals surface area contributed by atoms with Crippen LogP contribution in [0.3, 0.4) is 0 Å². The van der Waals surface area contributed by atoms with Gasteiger partial charge in [0.15, 0.2) is 5.71 Å². The van der Waals surface area contributed by atoms with E-state index in [0.717, 1.165) is 0 Å². The molecule has 0 bridgehead atoms. The van der Waals surface area contributed by atoms with Crippen LogP contribution in [0.1, 0.15) is 12.0 Å². The zero-order chi connectivity index (χ0) is 11.8. The van der Waals surface area contributed by atoms with Crippen molar-refractivity contribution >= 4 is 11.6 Å². The van der Waals surface area contributed by atoms with Crippen LogP contribution >= 0.6 is 0 Å². The average molecular weight is 222 g/mol. The third-order valence-corrected chi connectivity index (χ3v) is 1.98. The van der Waals surface area contributed by atoms with E-state index in [1.165, 1.54) is 0 Å². The molecule has 0 spiro atoms. The van der Waals surface area contributed by atoms with E-state index >= 15 is 0 Å². The number of carbonyl (C=O) groups excluding carboxylic acids is 1. The van der Waals surface area contributed by atoms with Crippen LogP contribution in [0, 0.1) is 0 Å². The first-order valence-electron chi connectivity index (χ1n) is 4.96. The fourth-order valence-electron chi connectivity index (χ4n) is 1.19. The van der Waals surface area contributed by atoms with Crippen molar-refractivity contribution in [2.45, 2.75) is 6.42 Å². The number of hydrogen-bond donors (Lipinski definition) is 3. The van der Waals surface area contributed by atoms with Gasteiger partial charge >= 0.3 is 0 Å². The molecule has 5 heteroatoms. The molecule has 0 aromatic heterocycles. The van der Waals surface area contributed by atoms with E-state index in [0.29, 0.717) is 18.5 Å². The van der Waals surface area contributed by atoms with E-state index in [9.17, 15) is 4.79 Å². The van der Waals surface area contributed by atoms with Gasteiger partial charge in [-0.3, -0.25) is 4.79 Å². The number of hydrogen-bond acceptors (Lipinski definition) is 4. The van der Waals surface area contributed by atoms with Crippen LogP contribution in [0.4, 0.5) is 0 Å². The second kappa shape index (κ2) is 6.58. The number of nitrogens with one attached hydrogen (secondary N) is 1. The first-order chi connectivity index (χ1) is 7.79. The molecule has 0 saturated heterocycles. The first kappa shape index (κ1) is 12.2. The third-order valence-electron chi connectivity index (χ3n) is 1.98. The zero-order valence-electron chi connectivity index (χ0n) is 8.76. The Balaban J connectivity index is 2.66. The normalized spacial score (nSPS) is 11.2. The summed E-state index contributed by atoms with van der Waals surface area (Å²) in [5, 5.41) is 22.9. The molecule has 0 aliphatic carbocycles. The summed E-state index contributed by atoms with van der Waals surface area (Å²) in [6.45, 7) is 0.360. The van der Waals surface area contributed by atoms with E-state index < -0.39 is 5.91 Å². The zero-order valence-corrected chi connectivity index (χ0v) is 8.76. The second-order valence-corrected chi connectivity index (χ2v) is 3.15. The van der Waals surface area contributed by atoms with Gasteiger partial charge in [0, 0.05) is 18.7 Å². The van der Waals surface area contributed by atoms with Crippen molar-refractivity contribution in [2.24, 2.45) is 5.16 Å². The maximum absolute atomic E-state index is 11.6. The van der Waals surface area contributed by atoms with Gasteiger partial charge in [-0.2, -0.15) is 0 Å². The van der Waals surface area contributed by atoms with Crippen LogP contribution in [0.5, 0.6) is 0 Å². The number of amides is 1. The molecule has 0 unspecified atom stereocenters. The Morgan fingerprint density at radius 1 is 1.31 bits per heavy atom. The number of aliphatic hydroxyl groups excluding tert-OH is 1. The Hall–Kier alpha value is -1.88. The lowest BCUT2D eigenvalue weighted by molar-refractivity contribution is -0.114. The molecule has 1 rings (SSSR count). The summed E-state index contributed by atoms with van der Waals surface area (Å²) in [5.41, 5.74) is 0.519. The lowest BCUT2D eigenvalue weighted by Gasteiger charge is -2.05. The molecule has 16 heavy (non-hydrogen) atoms. The van der Waals surface area contributed by atoms with E-state index in [1.807, 2.05) is 6.07 Å². The van der Waals surface area contributed by atoms with E-state index in [4.69, 9.17) is 10.3 Å². The molecule has 0 fully saturated rings. The lowest BCUT2D eigenvalue weighted by Crippen LogP contribution is -2.32. The molecule has 0 aliphatic heterocycles. The molecule has 1 aromatic rings. The van der Waals surface area contributed by atoms with Crippen LogP contribution in [0.25, 0.3) is 0 Å². The molecule has 1 aromatic carbocycles. The number of oxime groups is 1. The summed E-state index contributed by atoms with van der Waals surface area (Å²) < 4.78 is 0. The second-order valence-electron chi connectivity index (χ2n) is 3.15. The highest BCUT2D eigenvalue weighted by Crippen LogP contribution is 2.01. The topological polar surface area (TPSA) is 81.9 Å². The van der Waals surface area contributed by atoms with Gasteiger partial charge in [0.05, 0.1) is 0 Å². The highest BCUT2D eigenvalue weighted by atomic mass is 16.4. The summed E-state index contributed by atoms with van der Waals surface area (Å²) in [4.78, 5) is 11.6. The summed E-state index contributed by atoms with van der Waals surface area (Å²) in [6.07, 6.45) is 0.471. The monoisotopic (exact) mass is 222 g/mol. The molecular weight excluding hydrogens is 208 g/mol. The maximum atomic E-state index is 11.6. The first-order valence-corrected chi connectivity index (χ1v) is 4.96. The minimum absolute atomic E-state index is 0.0111. The van der Waals surface area contributed by atoms with Gasteiger partial charge in [-0.25, -0.2) is 0 Å². The Labute approximate surface area is 93.4 Å². The van der Waals surface area contributed by atoms with Crippen LogP contribution in [0.15, 0.2) is 35.5 Å². The molecule has 5 nitrogen and oxygen atoms in total. The maximum Gasteiger partial charge on any atom is 0.273 e. The Morgan fingerprint density at radius 3 is 2.56 bits per heavy atom. The van der Waals surface area contributed by atoms with Gasteiger partial charge in [0.2, 0.25) is 0 Å². The number of rotatable bonds is 5. The molecular formula is C11H14N2O3. The standard InChI is InChI=1S/C11H14N2O3/c14-8-4-7-12-11(15)10(13-16)9-5-2-1-3-6-9/h1-3,5-6,14,16H,4,7-8H2,(H,12,15)/b13-10+. The van der Waals surface area contributed by atoms with Gasteiger partial charge in [-0.05, 0) is 6.42 Å². The molecule has 0 aliphatic rings. The summed E-state index contributed by atoms with van der Waals surface area (Å²) in [7, 11) is 0. The van der Waals surface area contributed by atoms with E-state index in [2.05, 4.69) is 10.5 Å². The fraction of sp³-hybridized carbons (Fsp3) is 0.273. The lowest BCUT2D eigenvalue weighted by atomic mass is 10.1. The smallest absolute Gasteiger partial charge is 0.273 e. The Kier molecular flexibility index (Phi) is 5.01. The van der Waals surface area contributed by atoms with Crippen molar-refractivity contribution in [3.05, 3.63) is 35.9 Å². The van der Waals surface area contributed by atoms with Gasteiger partial charge in [0.1, 0.15) is 0 Å². The van der Waals surface area contributed by atoms with Crippen LogP contribution in [-0.4, -0.2) is 35.1 Å². The molecule has 86 valence electrons. The molecule has 0 saturated carbocycles. The summed E-state index contributed by atoms with van der Waals surface area (Å²) in [6, 6.07) is 8.67. The third kappa shape index (κ3) is 3.36. The minimum atomic E-state index is -0.456. The molecule has 0 heterocycles. The summed E-state index contributed by atoms with van der Waals surface area (Å²) >= 11 is 0. The SMILES string of the molecule is O=C(NCCCO)/C(=N/O)c1ccccc1. The van der Waals surface area contributed by atoms with E-state index in [1.54, 1.807) is 24.3 Å². The predicted octanol–water partition coefficient (Wildman–Crippen LogP) is 0.363. The molecule has 1 amide bonds. The van der Waals surface area contributed by atoms with Crippen molar-refractivity contribution in [3.8, 4) is 0 Å². The highest BCUT2D eigenvalue weighted by molar-refractivity contribution is 6.45. The van der Waals surface area contributed by atoms with Gasteiger partial charge < -0.3 is 15.6 Å². The van der Waals surface area contributed by atoms with Crippen molar-refractivity contribution < 1.29 is 15.1 Å². The highest BCUT2D eigenvalue weighted by Gasteiger charge is 2.13. The van der Waals surface area contributed by atoms with Gasteiger partial charge in [-0.1, -0.05) is 35.5 Å². The largest absolute Gasteiger partial charge is 0.410 e. The van der Waals surface area contributed by atoms with E-state index in [-0.39, 0.29) is 12.3 Å². The molecule has 3 N–H and O–H groups in total. The van der Waals surface area contributed by atoms with Gasteiger partial charge in [-0.15, -0.1) is 0 Å². The number of aliphatic hydroxyl groups is 1. The molecule has 0 atom stereocenters. The Morgan fingerprint density at radius 2 is 2.00 bits per heavy atom. The van der Waals surface area contributed by atoms with Crippen molar-refractivity contribution in [1.82, 2.24) is 5.32 Å². The fourth-order valence-corrected chi connectivity index (χ4v) is 1.19. The van der Waals surface area contributed by atoms with Crippen LogP contribution in [0.2, 0.25) is 0 Å². The van der Waals surface area contributed by atoms with Crippen LogP contribution < -0.4 is 5.32 Å². The number of benzene rings is 1. The predicted molar refractivity (Wildman–Crippen MR) is 59.5 cm³/mol. The quantitative estimate of drug-likeness (QED) is 0.291. The van der Waals surface area contributed by atoms with Gasteiger partial charge in [0.25, 0.3) is 5.91 Å². The molecule has 0 radical (unpaired) electrons. The Bertz CT molecular complexity index is 363.